The van der Waals surface area contributed by atoms with E-state index < -0.39 is 0 Å². The Hall–Kier alpha value is -6.30. The number of nitrogens with one attached hydrogen (secondary N) is 2. The summed E-state index contributed by atoms with van der Waals surface area (Å²) >= 11 is 0. The lowest BCUT2D eigenvalue weighted by atomic mass is 10.0. The highest BCUT2D eigenvalue weighted by Crippen LogP contribution is 2.38. The molecule has 2 aliphatic rings. The van der Waals surface area contributed by atoms with Gasteiger partial charge >= 0.3 is 0 Å². The van der Waals surface area contributed by atoms with Gasteiger partial charge in [0.05, 0.1) is 35.9 Å². The zero-order chi connectivity index (χ0) is 43.5. The van der Waals surface area contributed by atoms with Crippen molar-refractivity contribution >= 4 is 22.8 Å². The number of likely N-dealkylation sites (N-methyl/N-ethyl adjacent to an activating group) is 2. The van der Waals surface area contributed by atoms with E-state index in [0.29, 0.717) is 6.54 Å². The summed E-state index contributed by atoms with van der Waals surface area (Å²) in [5.41, 5.74) is 7.67. The fourth-order valence-corrected chi connectivity index (χ4v) is 9.88. The van der Waals surface area contributed by atoms with Crippen molar-refractivity contribution in [2.75, 3.05) is 39.3 Å². The van der Waals surface area contributed by atoms with Gasteiger partial charge in [0, 0.05) is 29.6 Å². The quantitative estimate of drug-likeness (QED) is 0.106. The number of furan rings is 1. The molecule has 2 fully saturated rings. The fraction of sp³-hybridized carbons (Fsp3) is 0.346. The van der Waals surface area contributed by atoms with Crippen molar-refractivity contribution in [2.45, 2.75) is 77.5 Å². The summed E-state index contributed by atoms with van der Waals surface area (Å²) in [5.74, 6) is 2.69. The smallest absolute Gasteiger partial charge is 0.245 e. The summed E-state index contributed by atoms with van der Waals surface area (Å²) in [7, 11) is 0. The number of carbonyl (C=O) groups excluding carboxylic acids is 2. The predicted molar refractivity (Wildman–Crippen MR) is 248 cm³/mol. The number of hydrogen-bond acceptors (Lipinski definition) is 7. The zero-order valence-corrected chi connectivity index (χ0v) is 36.8. The molecule has 3 aromatic heterocycles. The summed E-state index contributed by atoms with van der Waals surface area (Å²) in [5, 5.41) is 0.995. The number of H-pyrrole nitrogens is 2. The van der Waals surface area contributed by atoms with E-state index in [1.165, 1.54) is 0 Å². The summed E-state index contributed by atoms with van der Waals surface area (Å²) in [6.45, 7) is 13.1. The minimum absolute atomic E-state index is 0.0991. The third-order valence-corrected chi connectivity index (χ3v) is 13.3. The van der Waals surface area contributed by atoms with Crippen LogP contribution in [0.25, 0.3) is 44.8 Å². The number of imidazole rings is 2. The monoisotopic (exact) mass is 842 g/mol. The molecular weight excluding hydrogens is 785 g/mol. The zero-order valence-electron chi connectivity index (χ0n) is 36.8. The molecule has 0 saturated carbocycles. The van der Waals surface area contributed by atoms with Gasteiger partial charge in [-0.15, -0.1) is 0 Å². The summed E-state index contributed by atoms with van der Waals surface area (Å²) in [4.78, 5) is 54.0. The topological polar surface area (TPSA) is 118 Å². The van der Waals surface area contributed by atoms with Gasteiger partial charge in [0.25, 0.3) is 0 Å². The number of rotatable bonds is 15. The molecule has 324 valence electrons. The number of benzene rings is 4. The van der Waals surface area contributed by atoms with Crippen molar-refractivity contribution in [3.8, 4) is 33.8 Å². The van der Waals surface area contributed by atoms with Crippen molar-refractivity contribution in [1.29, 1.82) is 0 Å². The third kappa shape index (κ3) is 8.35. The molecule has 4 aromatic carbocycles. The van der Waals surface area contributed by atoms with Gasteiger partial charge < -0.3 is 24.2 Å². The number of likely N-dealkylation sites (tertiary alicyclic amines) is 2. The molecule has 0 spiro atoms. The van der Waals surface area contributed by atoms with Crippen LogP contribution < -0.4 is 0 Å². The standard InChI is InChI=1S/C52H58N8O3/c1-5-57(6-2)47(37-17-11-9-12-18-37)51(61)59-29-15-21-43(59)49-53-33-41(55-49)35-23-25-36(26-24-35)46-32-40-31-39(27-28-45(40)63-46)42-34-54-50(56-42)44-22-16-30-60(44)52(62)48(58(7-3)8-4)38-19-13-10-14-20-38/h9-14,17-20,23-28,31-34,43-44,47-48H,5-8,15-16,21-22,29-30H2,1-4H3,(H,53,55)(H,54,56)/t43?,44?,47-,48?/m1/s1. The van der Waals surface area contributed by atoms with Crippen molar-refractivity contribution in [2.24, 2.45) is 0 Å². The van der Waals surface area contributed by atoms with Crippen LogP contribution in [0.15, 0.2) is 126 Å². The molecule has 7 aromatic rings. The Balaban J connectivity index is 0.891. The number of aromatic nitrogens is 4. The van der Waals surface area contributed by atoms with Gasteiger partial charge in [0.2, 0.25) is 11.8 Å². The second-order valence-electron chi connectivity index (χ2n) is 16.8. The molecule has 2 aliphatic heterocycles. The van der Waals surface area contributed by atoms with E-state index >= 15 is 0 Å². The molecule has 9 rings (SSSR count). The molecule has 11 heteroatoms. The maximum atomic E-state index is 14.3. The Morgan fingerprint density at radius 3 is 1.57 bits per heavy atom. The first kappa shape index (κ1) is 42.0. The number of fused-ring (bicyclic) bond motifs is 1. The van der Waals surface area contributed by atoms with E-state index in [2.05, 4.69) is 114 Å². The molecular formula is C52H58N8O3. The molecule has 0 bridgehead atoms. The third-order valence-electron chi connectivity index (χ3n) is 13.3. The van der Waals surface area contributed by atoms with Gasteiger partial charge in [-0.3, -0.25) is 19.4 Å². The van der Waals surface area contributed by atoms with Crippen molar-refractivity contribution in [3.05, 3.63) is 144 Å². The summed E-state index contributed by atoms with van der Waals surface area (Å²) in [6.07, 6.45) is 7.39. The number of aromatic amines is 2. The second-order valence-corrected chi connectivity index (χ2v) is 16.8. The van der Waals surface area contributed by atoms with Gasteiger partial charge in [0.1, 0.15) is 35.1 Å². The van der Waals surface area contributed by atoms with Crippen LogP contribution in [0.2, 0.25) is 0 Å². The molecule has 2 amide bonds. The van der Waals surface area contributed by atoms with Crippen LogP contribution in [0.3, 0.4) is 0 Å². The lowest BCUT2D eigenvalue weighted by molar-refractivity contribution is -0.139. The summed E-state index contributed by atoms with van der Waals surface area (Å²) in [6, 6.07) is 36.0. The SMILES string of the molecule is CCN(CC)C(C(=O)N1CCCC1c1ncc(-c2ccc3oc(-c4ccc(-c5cnc(C6CCCN6C(=O)[C@@H](c6ccccc6)N(CC)CC)[nH]5)cc4)cc3c2)[nH]1)c1ccccc1. The Morgan fingerprint density at radius 1 is 0.619 bits per heavy atom. The first-order valence-corrected chi connectivity index (χ1v) is 22.8. The van der Waals surface area contributed by atoms with Gasteiger partial charge in [0.15, 0.2) is 0 Å². The fourth-order valence-electron chi connectivity index (χ4n) is 9.88. The van der Waals surface area contributed by atoms with Crippen molar-refractivity contribution in [1.82, 2.24) is 39.5 Å². The van der Waals surface area contributed by atoms with Crippen LogP contribution in [0.1, 0.15) is 100 Å². The van der Waals surface area contributed by atoms with Crippen LogP contribution in [0.5, 0.6) is 0 Å². The highest BCUT2D eigenvalue weighted by Gasteiger charge is 2.39. The highest BCUT2D eigenvalue weighted by molar-refractivity contribution is 5.87. The number of hydrogen-bond donors (Lipinski definition) is 2. The lowest BCUT2D eigenvalue weighted by Gasteiger charge is -2.34. The van der Waals surface area contributed by atoms with E-state index in [1.807, 2.05) is 64.7 Å². The molecule has 2 N–H and O–H groups in total. The van der Waals surface area contributed by atoms with E-state index in [0.717, 1.165) is 126 Å². The van der Waals surface area contributed by atoms with Crippen LogP contribution in [-0.4, -0.2) is 90.6 Å². The Labute approximate surface area is 370 Å². The molecule has 11 nitrogen and oxygen atoms in total. The van der Waals surface area contributed by atoms with Gasteiger partial charge in [-0.25, -0.2) is 9.97 Å². The molecule has 2 saturated heterocycles. The van der Waals surface area contributed by atoms with E-state index in [1.54, 1.807) is 0 Å². The van der Waals surface area contributed by atoms with Gasteiger partial charge in [-0.05, 0) is 92.8 Å². The van der Waals surface area contributed by atoms with Crippen molar-refractivity contribution in [3.63, 3.8) is 0 Å². The van der Waals surface area contributed by atoms with Gasteiger partial charge in [-0.1, -0.05) is 113 Å². The average Bonchev–Trinajstić information content (AvgIpc) is 4.19. The molecule has 0 aliphatic carbocycles. The van der Waals surface area contributed by atoms with Gasteiger partial charge in [-0.2, -0.15) is 0 Å². The molecule has 5 heterocycles. The Kier molecular flexibility index (Phi) is 12.4. The molecule has 0 radical (unpaired) electrons. The van der Waals surface area contributed by atoms with Crippen molar-refractivity contribution < 1.29 is 14.0 Å². The van der Waals surface area contributed by atoms with Crippen LogP contribution >= 0.6 is 0 Å². The first-order valence-electron chi connectivity index (χ1n) is 22.8. The van der Waals surface area contributed by atoms with Crippen LogP contribution in [-0.2, 0) is 9.59 Å². The summed E-state index contributed by atoms with van der Waals surface area (Å²) < 4.78 is 6.37. The maximum absolute atomic E-state index is 14.3. The minimum atomic E-state index is -0.327. The lowest BCUT2D eigenvalue weighted by Crippen LogP contribution is -2.43. The molecule has 3 unspecified atom stereocenters. The van der Waals surface area contributed by atoms with E-state index in [9.17, 15) is 9.59 Å². The van der Waals surface area contributed by atoms with Crippen LogP contribution in [0.4, 0.5) is 0 Å². The minimum Gasteiger partial charge on any atom is -0.456 e. The van der Waals surface area contributed by atoms with Crippen LogP contribution in [0, 0.1) is 0 Å². The first-order chi connectivity index (χ1) is 30.9. The Morgan fingerprint density at radius 2 is 1.08 bits per heavy atom. The van der Waals surface area contributed by atoms with E-state index in [4.69, 9.17) is 14.4 Å². The molecule has 63 heavy (non-hydrogen) atoms. The second kappa shape index (κ2) is 18.6. The number of carbonyl (C=O) groups is 2. The Bertz CT molecular complexity index is 2630. The van der Waals surface area contributed by atoms with E-state index in [-0.39, 0.29) is 36.0 Å². The average molecular weight is 843 g/mol. The number of amides is 2. The maximum Gasteiger partial charge on any atom is 0.245 e. The largest absolute Gasteiger partial charge is 0.456 e. The normalized spacial score (nSPS) is 17.6. The molecule has 4 atom stereocenters. The predicted octanol–water partition coefficient (Wildman–Crippen LogP) is 10.4. The number of nitrogens with zero attached hydrogens (tertiary/aromatic N) is 6. The highest BCUT2D eigenvalue weighted by atomic mass is 16.3.